The third kappa shape index (κ3) is 5.82. The molecule has 3 heterocycles. The van der Waals surface area contributed by atoms with Crippen LogP contribution in [-0.2, 0) is 20.9 Å². The van der Waals surface area contributed by atoms with Gasteiger partial charge in [-0.1, -0.05) is 29.3 Å². The van der Waals surface area contributed by atoms with Crippen molar-refractivity contribution in [2.75, 3.05) is 18.9 Å². The molecule has 11 nitrogen and oxygen atoms in total. The van der Waals surface area contributed by atoms with Crippen LogP contribution in [0.15, 0.2) is 36.8 Å². The van der Waals surface area contributed by atoms with Crippen molar-refractivity contribution in [3.8, 4) is 0 Å². The lowest BCUT2D eigenvalue weighted by Gasteiger charge is -2.27. The zero-order valence-corrected chi connectivity index (χ0v) is 23.6. The van der Waals surface area contributed by atoms with Crippen molar-refractivity contribution in [2.24, 2.45) is 0 Å². The summed E-state index contributed by atoms with van der Waals surface area (Å²) < 4.78 is 30.9. The van der Waals surface area contributed by atoms with Crippen molar-refractivity contribution in [1.82, 2.24) is 20.0 Å². The van der Waals surface area contributed by atoms with Gasteiger partial charge in [-0.2, -0.15) is 13.1 Å². The number of rotatable bonds is 8. The highest BCUT2D eigenvalue weighted by Gasteiger charge is 2.44. The molecule has 5 rings (SSSR count). The number of aliphatic hydroxyl groups is 2. The van der Waals surface area contributed by atoms with Gasteiger partial charge < -0.3 is 20.8 Å². The van der Waals surface area contributed by atoms with Gasteiger partial charge in [0.1, 0.15) is 30.5 Å². The van der Waals surface area contributed by atoms with Crippen molar-refractivity contribution in [1.29, 1.82) is 0 Å². The summed E-state index contributed by atoms with van der Waals surface area (Å²) in [5.41, 5.74) is 3.03. The lowest BCUT2D eigenvalue weighted by molar-refractivity contribution is -0.00882. The molecule has 15 heteroatoms. The molecule has 0 bridgehead atoms. The quantitative estimate of drug-likeness (QED) is 0.238. The minimum absolute atomic E-state index is 0.0643. The Labute approximate surface area is 238 Å². The molecule has 1 fully saturated rings. The number of carbonyl (C=O) groups is 1. The topological polar surface area (TPSA) is 163 Å². The Morgan fingerprint density at radius 2 is 2.00 bits per heavy atom. The maximum absolute atomic E-state index is 13.6. The Balaban J connectivity index is 1.39. The van der Waals surface area contributed by atoms with Crippen molar-refractivity contribution < 1.29 is 27.6 Å². The molecule has 1 aliphatic carbocycles. The zero-order chi connectivity index (χ0) is 27.9. The number of aromatic nitrogens is 2. The average Bonchev–Trinajstić information content (AvgIpc) is 3.42. The Morgan fingerprint density at radius 1 is 1.21 bits per heavy atom. The summed E-state index contributed by atoms with van der Waals surface area (Å²) in [6.07, 6.45) is -0.705. The van der Waals surface area contributed by atoms with Crippen LogP contribution < -0.4 is 15.4 Å². The third-order valence-electron chi connectivity index (χ3n) is 6.82. The lowest BCUT2D eigenvalue weighted by atomic mass is 9.91. The van der Waals surface area contributed by atoms with Crippen LogP contribution >= 0.6 is 34.5 Å². The van der Waals surface area contributed by atoms with Gasteiger partial charge in [0, 0.05) is 36.8 Å². The van der Waals surface area contributed by atoms with Gasteiger partial charge in [0.2, 0.25) is 5.78 Å². The number of hydrogen-bond donors (Lipinski definition) is 5. The second-order valence-electron chi connectivity index (χ2n) is 9.19. The van der Waals surface area contributed by atoms with E-state index in [0.29, 0.717) is 14.2 Å². The SMILES string of the molecule is CNS(=O)(=O)O[C@@H]1C[C@@H](Nc2ncncc2C(=O)c2cc([C@H]3NCCc4ccc(Cl)cc43)c(Cl)s2)[C@H](O)[C@H]1O. The first-order chi connectivity index (χ1) is 18.6. The van der Waals surface area contributed by atoms with E-state index in [9.17, 15) is 23.4 Å². The summed E-state index contributed by atoms with van der Waals surface area (Å²) in [6, 6.07) is 6.40. The largest absolute Gasteiger partial charge is 0.388 e. The molecular formula is C24H25Cl2N5O6S2. The fourth-order valence-electron chi connectivity index (χ4n) is 4.85. The summed E-state index contributed by atoms with van der Waals surface area (Å²) in [7, 11) is -2.93. The molecule has 208 valence electrons. The molecule has 2 aliphatic rings. The molecule has 1 saturated carbocycles. The summed E-state index contributed by atoms with van der Waals surface area (Å²) in [4.78, 5) is 22.1. The Hall–Kier alpha value is -2.20. The van der Waals surface area contributed by atoms with Crippen molar-refractivity contribution >= 4 is 56.4 Å². The molecule has 1 aromatic carbocycles. The molecule has 5 N–H and O–H groups in total. The lowest BCUT2D eigenvalue weighted by Crippen LogP contribution is -2.38. The van der Waals surface area contributed by atoms with E-state index in [1.54, 1.807) is 6.07 Å². The number of carbonyl (C=O) groups excluding carboxylic acids is 1. The number of fused-ring (bicyclic) bond motifs is 1. The number of thiophene rings is 1. The predicted octanol–water partition coefficient (Wildman–Crippen LogP) is 2.07. The number of nitrogens with zero attached hydrogens (tertiary/aromatic N) is 2. The zero-order valence-electron chi connectivity index (χ0n) is 20.5. The fourth-order valence-corrected chi connectivity index (χ4v) is 6.93. The highest BCUT2D eigenvalue weighted by atomic mass is 35.5. The molecule has 0 spiro atoms. The smallest absolute Gasteiger partial charge is 0.335 e. The van der Waals surface area contributed by atoms with E-state index >= 15 is 0 Å². The van der Waals surface area contributed by atoms with E-state index < -0.39 is 40.4 Å². The van der Waals surface area contributed by atoms with Gasteiger partial charge in [0.25, 0.3) is 0 Å². The minimum Gasteiger partial charge on any atom is -0.388 e. The van der Waals surface area contributed by atoms with Crippen molar-refractivity contribution in [3.05, 3.63) is 73.3 Å². The number of hydrogen-bond acceptors (Lipinski definition) is 11. The third-order valence-corrected chi connectivity index (χ3v) is 9.44. The van der Waals surface area contributed by atoms with Crippen LogP contribution in [0.1, 0.15) is 44.4 Å². The van der Waals surface area contributed by atoms with Crippen LogP contribution in [0, 0.1) is 0 Å². The van der Waals surface area contributed by atoms with E-state index in [-0.39, 0.29) is 23.8 Å². The van der Waals surface area contributed by atoms with Crippen molar-refractivity contribution in [3.63, 3.8) is 0 Å². The van der Waals surface area contributed by atoms with E-state index in [1.807, 2.05) is 22.9 Å². The molecule has 1 aliphatic heterocycles. The van der Waals surface area contributed by atoms with Crippen molar-refractivity contribution in [2.45, 2.75) is 43.2 Å². The van der Waals surface area contributed by atoms with Gasteiger partial charge in [0.15, 0.2) is 0 Å². The number of ketones is 1. The number of halogens is 2. The van der Waals surface area contributed by atoms with Gasteiger partial charge in [-0.3, -0.25) is 8.98 Å². The summed E-state index contributed by atoms with van der Waals surface area (Å²) >= 11 is 14.0. The Bertz CT molecular complexity index is 1500. The molecule has 0 radical (unpaired) electrons. The van der Waals surface area contributed by atoms with E-state index in [0.717, 1.165) is 41.0 Å². The summed E-state index contributed by atoms with van der Waals surface area (Å²) in [5.74, 6) is -0.278. The molecule has 0 amide bonds. The van der Waals surface area contributed by atoms with Gasteiger partial charge in [-0.25, -0.2) is 9.97 Å². The van der Waals surface area contributed by atoms with Crippen LogP contribution in [0.3, 0.4) is 0 Å². The van der Waals surface area contributed by atoms with Crippen LogP contribution in [-0.4, -0.2) is 72.3 Å². The molecular weight excluding hydrogens is 589 g/mol. The van der Waals surface area contributed by atoms with Gasteiger partial charge >= 0.3 is 10.3 Å². The standard InChI is InChI=1S/C24H25Cl2N5O6S2/c1-27-39(35,36)37-17-8-16(21(33)22(17)34)31-24-15(9-28-10-30-24)20(32)18-7-14(23(26)38-18)19-13-6-12(25)3-2-11(13)4-5-29-19/h2-3,6-7,9-10,16-17,19,21-22,27,29,33-34H,4-5,8H2,1H3,(H,28,30,31)/t16-,17-,19+,21+,22+/m1/s1. The normalized spacial score (nSPS) is 24.9. The van der Waals surface area contributed by atoms with E-state index in [2.05, 4.69) is 20.6 Å². The molecule has 5 atom stereocenters. The number of nitrogens with one attached hydrogen (secondary N) is 3. The Kier molecular flexibility index (Phi) is 8.25. The summed E-state index contributed by atoms with van der Waals surface area (Å²) in [6.45, 7) is 0.741. The highest BCUT2D eigenvalue weighted by Crippen LogP contribution is 2.39. The van der Waals surface area contributed by atoms with E-state index in [4.69, 9.17) is 27.4 Å². The highest BCUT2D eigenvalue weighted by molar-refractivity contribution is 7.84. The van der Waals surface area contributed by atoms with Gasteiger partial charge in [-0.05, 0) is 35.7 Å². The molecule has 39 heavy (non-hydrogen) atoms. The van der Waals surface area contributed by atoms with E-state index in [1.165, 1.54) is 19.6 Å². The number of anilines is 1. The second kappa shape index (κ2) is 11.4. The summed E-state index contributed by atoms with van der Waals surface area (Å²) in [5, 5.41) is 27.9. The number of aliphatic hydroxyl groups excluding tert-OH is 2. The van der Waals surface area contributed by atoms with Crippen LogP contribution in [0.5, 0.6) is 0 Å². The molecule has 0 unspecified atom stereocenters. The monoisotopic (exact) mass is 613 g/mol. The first-order valence-electron chi connectivity index (χ1n) is 12.0. The second-order valence-corrected chi connectivity index (χ2v) is 12.8. The first-order valence-corrected chi connectivity index (χ1v) is 15.0. The first kappa shape index (κ1) is 28.3. The maximum atomic E-state index is 13.6. The fraction of sp³-hybridized carbons (Fsp3) is 0.375. The Morgan fingerprint density at radius 3 is 2.77 bits per heavy atom. The molecule has 0 saturated heterocycles. The maximum Gasteiger partial charge on any atom is 0.335 e. The van der Waals surface area contributed by atoms with Crippen LogP contribution in [0.25, 0.3) is 0 Å². The minimum atomic E-state index is -4.10. The molecule has 3 aromatic rings. The van der Waals surface area contributed by atoms with Gasteiger partial charge in [0.05, 0.1) is 26.9 Å². The van der Waals surface area contributed by atoms with Crippen LogP contribution in [0.4, 0.5) is 5.82 Å². The predicted molar refractivity (Wildman–Crippen MR) is 147 cm³/mol. The average molecular weight is 615 g/mol. The molecule has 2 aromatic heterocycles. The number of benzene rings is 1. The van der Waals surface area contributed by atoms with Gasteiger partial charge in [-0.15, -0.1) is 11.3 Å². The van der Waals surface area contributed by atoms with Crippen LogP contribution in [0.2, 0.25) is 9.36 Å².